The molecule has 0 aromatic heterocycles. The van der Waals surface area contributed by atoms with Gasteiger partial charge < -0.3 is 9.80 Å². The molecule has 1 rings (SSSR count). The Kier molecular flexibility index (Phi) is 5.91. The van der Waals surface area contributed by atoms with Crippen molar-refractivity contribution in [2.75, 3.05) is 18.7 Å². The molecule has 1 heterocycles. The summed E-state index contributed by atoms with van der Waals surface area (Å²) in [4.78, 5) is 28.1. The minimum absolute atomic E-state index is 0.0117. The van der Waals surface area contributed by atoms with Gasteiger partial charge in [0.25, 0.3) is 5.91 Å². The van der Waals surface area contributed by atoms with Gasteiger partial charge in [-0.25, -0.2) is 0 Å². The summed E-state index contributed by atoms with van der Waals surface area (Å²) >= 11 is 1.64. The van der Waals surface area contributed by atoms with E-state index >= 15 is 0 Å². The van der Waals surface area contributed by atoms with E-state index in [2.05, 4.69) is 0 Å². The summed E-state index contributed by atoms with van der Waals surface area (Å²) in [5, 5.41) is 0. The Bertz CT molecular complexity index is 380. The predicted octanol–water partition coefficient (Wildman–Crippen LogP) is 2.11. The number of hydrogen-bond donors (Lipinski definition) is 0. The third kappa shape index (κ3) is 3.75. The van der Waals surface area contributed by atoms with Gasteiger partial charge in [-0.15, -0.1) is 11.8 Å². The molecular formula is C14H24N2O2S. The lowest BCUT2D eigenvalue weighted by atomic mass is 10.1. The topological polar surface area (TPSA) is 40.6 Å². The maximum absolute atomic E-state index is 12.4. The Labute approximate surface area is 120 Å². The van der Waals surface area contributed by atoms with Crippen LogP contribution in [0.25, 0.3) is 0 Å². The molecule has 0 aliphatic carbocycles. The van der Waals surface area contributed by atoms with Gasteiger partial charge in [0.2, 0.25) is 5.91 Å². The van der Waals surface area contributed by atoms with Crippen LogP contribution in [0.3, 0.4) is 0 Å². The molecule has 0 aromatic carbocycles. The molecule has 0 aromatic rings. The second-order valence-electron chi connectivity index (χ2n) is 5.13. The largest absolute Gasteiger partial charge is 0.342 e. The quantitative estimate of drug-likeness (QED) is 0.742. The van der Waals surface area contributed by atoms with Crippen LogP contribution in [-0.4, -0.2) is 52.4 Å². The number of likely N-dealkylation sites (N-methyl/N-ethyl adjacent to an activating group) is 1. The van der Waals surface area contributed by atoms with Crippen LogP contribution >= 0.6 is 11.8 Å². The van der Waals surface area contributed by atoms with Crippen LogP contribution in [0.15, 0.2) is 11.6 Å². The van der Waals surface area contributed by atoms with Gasteiger partial charge >= 0.3 is 0 Å². The number of carbonyl (C=O) groups excluding carboxylic acids is 2. The zero-order valence-electron chi connectivity index (χ0n) is 12.5. The molecule has 0 spiro atoms. The van der Waals surface area contributed by atoms with E-state index in [1.165, 1.54) is 0 Å². The van der Waals surface area contributed by atoms with Gasteiger partial charge in [0.05, 0.1) is 5.88 Å². The normalized spacial score (nSPS) is 20.0. The number of rotatable bonds is 4. The maximum Gasteiger partial charge on any atom is 0.250 e. The summed E-state index contributed by atoms with van der Waals surface area (Å²) < 4.78 is 0. The van der Waals surface area contributed by atoms with Crippen molar-refractivity contribution in [3.8, 4) is 0 Å². The van der Waals surface area contributed by atoms with Crippen LogP contribution in [-0.2, 0) is 9.59 Å². The van der Waals surface area contributed by atoms with E-state index in [0.29, 0.717) is 11.6 Å². The van der Waals surface area contributed by atoms with Crippen LogP contribution < -0.4 is 0 Å². The van der Waals surface area contributed by atoms with Crippen molar-refractivity contribution in [1.82, 2.24) is 9.80 Å². The average Bonchev–Trinajstić information content (AvgIpc) is 2.85. The first-order chi connectivity index (χ1) is 8.90. The molecule has 1 unspecified atom stereocenters. The van der Waals surface area contributed by atoms with Crippen LogP contribution in [0.1, 0.15) is 34.1 Å². The zero-order chi connectivity index (χ0) is 14.6. The standard InChI is InChI=1S/C14H24N2O2S/c1-6-7-11(4)13(17)16-9-19-8-12(16)14(18)15(5)10(2)3/h7,10,12H,6,8-9H2,1-5H3. The highest BCUT2D eigenvalue weighted by molar-refractivity contribution is 7.99. The lowest BCUT2D eigenvalue weighted by Gasteiger charge is -2.29. The average molecular weight is 284 g/mol. The summed E-state index contributed by atoms with van der Waals surface area (Å²) in [5.74, 6) is 1.33. The van der Waals surface area contributed by atoms with E-state index in [1.807, 2.05) is 33.8 Å². The third-order valence-corrected chi connectivity index (χ3v) is 4.41. The molecule has 0 bridgehead atoms. The lowest BCUT2D eigenvalue weighted by molar-refractivity contribution is -0.141. The first kappa shape index (κ1) is 16.1. The minimum Gasteiger partial charge on any atom is -0.342 e. The molecule has 1 fully saturated rings. The van der Waals surface area contributed by atoms with Gasteiger partial charge in [-0.3, -0.25) is 9.59 Å². The monoisotopic (exact) mass is 284 g/mol. The Morgan fingerprint density at radius 2 is 2.11 bits per heavy atom. The van der Waals surface area contributed by atoms with Gasteiger partial charge in [0.1, 0.15) is 6.04 Å². The van der Waals surface area contributed by atoms with Gasteiger partial charge in [-0.2, -0.15) is 0 Å². The van der Waals surface area contributed by atoms with Gasteiger partial charge in [-0.1, -0.05) is 13.0 Å². The van der Waals surface area contributed by atoms with Crippen LogP contribution in [0.5, 0.6) is 0 Å². The third-order valence-electron chi connectivity index (χ3n) is 3.40. The van der Waals surface area contributed by atoms with Crippen molar-refractivity contribution < 1.29 is 9.59 Å². The zero-order valence-corrected chi connectivity index (χ0v) is 13.3. The molecule has 2 amide bonds. The molecule has 1 aliphatic heterocycles. The molecule has 1 saturated heterocycles. The van der Waals surface area contributed by atoms with Crippen LogP contribution in [0.2, 0.25) is 0 Å². The molecule has 1 aliphatic rings. The molecule has 1 atom stereocenters. The van der Waals surface area contributed by atoms with Crippen molar-refractivity contribution in [1.29, 1.82) is 0 Å². The van der Waals surface area contributed by atoms with E-state index in [0.717, 1.165) is 12.0 Å². The fourth-order valence-electron chi connectivity index (χ4n) is 1.96. The van der Waals surface area contributed by atoms with E-state index < -0.39 is 0 Å². The fraction of sp³-hybridized carbons (Fsp3) is 0.714. The second kappa shape index (κ2) is 6.98. The van der Waals surface area contributed by atoms with E-state index in [-0.39, 0.29) is 23.9 Å². The smallest absolute Gasteiger partial charge is 0.250 e. The number of thioether (sulfide) groups is 1. The SMILES string of the molecule is CCC=C(C)C(=O)N1CSCC1C(=O)N(C)C(C)C. The van der Waals surface area contributed by atoms with Crippen molar-refractivity contribution in [3.05, 3.63) is 11.6 Å². The summed E-state index contributed by atoms with van der Waals surface area (Å²) in [7, 11) is 1.80. The number of carbonyl (C=O) groups is 2. The Morgan fingerprint density at radius 1 is 1.47 bits per heavy atom. The second-order valence-corrected chi connectivity index (χ2v) is 6.13. The first-order valence-corrected chi connectivity index (χ1v) is 7.87. The van der Waals surface area contributed by atoms with Crippen molar-refractivity contribution in [2.24, 2.45) is 0 Å². The summed E-state index contributed by atoms with van der Waals surface area (Å²) in [6.45, 7) is 7.79. The minimum atomic E-state index is -0.315. The van der Waals surface area contributed by atoms with E-state index in [1.54, 1.807) is 28.6 Å². The Morgan fingerprint density at radius 3 is 2.63 bits per heavy atom. The molecule has 4 nitrogen and oxygen atoms in total. The number of hydrogen-bond acceptors (Lipinski definition) is 3. The van der Waals surface area contributed by atoms with Gasteiger partial charge in [-0.05, 0) is 27.2 Å². The number of allylic oxidation sites excluding steroid dienone is 1. The van der Waals surface area contributed by atoms with Crippen molar-refractivity contribution in [2.45, 2.75) is 46.2 Å². The lowest BCUT2D eigenvalue weighted by Crippen LogP contribution is -2.49. The van der Waals surface area contributed by atoms with E-state index in [9.17, 15) is 9.59 Å². The van der Waals surface area contributed by atoms with E-state index in [4.69, 9.17) is 0 Å². The molecule has 0 radical (unpaired) electrons. The first-order valence-electron chi connectivity index (χ1n) is 6.72. The highest BCUT2D eigenvalue weighted by Gasteiger charge is 2.36. The Balaban J connectivity index is 2.82. The predicted molar refractivity (Wildman–Crippen MR) is 79.9 cm³/mol. The molecule has 19 heavy (non-hydrogen) atoms. The molecular weight excluding hydrogens is 260 g/mol. The molecule has 5 heteroatoms. The Hall–Kier alpha value is -0.970. The summed E-state index contributed by atoms with van der Waals surface area (Å²) in [6, 6.07) is -0.160. The summed E-state index contributed by atoms with van der Waals surface area (Å²) in [5.41, 5.74) is 0.731. The number of nitrogens with zero attached hydrogens (tertiary/aromatic N) is 2. The van der Waals surface area contributed by atoms with Crippen molar-refractivity contribution in [3.63, 3.8) is 0 Å². The molecule has 0 saturated carbocycles. The fourth-order valence-corrected chi connectivity index (χ4v) is 3.10. The molecule has 0 N–H and O–H groups in total. The summed E-state index contributed by atoms with van der Waals surface area (Å²) in [6.07, 6.45) is 2.75. The van der Waals surface area contributed by atoms with Gasteiger partial charge in [0, 0.05) is 24.4 Å². The maximum atomic E-state index is 12.4. The van der Waals surface area contributed by atoms with Crippen LogP contribution in [0.4, 0.5) is 0 Å². The highest BCUT2D eigenvalue weighted by atomic mass is 32.2. The van der Waals surface area contributed by atoms with Crippen LogP contribution in [0, 0.1) is 0 Å². The molecule has 108 valence electrons. The van der Waals surface area contributed by atoms with Crippen molar-refractivity contribution >= 4 is 23.6 Å². The van der Waals surface area contributed by atoms with Gasteiger partial charge in [0.15, 0.2) is 0 Å². The number of amides is 2. The highest BCUT2D eigenvalue weighted by Crippen LogP contribution is 2.24.